The van der Waals surface area contributed by atoms with Gasteiger partial charge in [-0.15, -0.1) is 0 Å². The Morgan fingerprint density at radius 3 is 0.921 bits per heavy atom. The van der Waals surface area contributed by atoms with Crippen LogP contribution in [0.3, 0.4) is 0 Å². The zero-order chi connectivity index (χ0) is 54.8. The Bertz CT molecular complexity index is 1340. The number of hydrogen-bond donors (Lipinski definition) is 3. The van der Waals surface area contributed by atoms with E-state index in [1.807, 2.05) is 6.08 Å². The summed E-state index contributed by atoms with van der Waals surface area (Å²) in [7, 11) is 0. The number of rotatable bonds is 62. The summed E-state index contributed by atoms with van der Waals surface area (Å²) in [5.41, 5.74) is 0. The van der Waals surface area contributed by atoms with Gasteiger partial charge < -0.3 is 15.5 Å². The zero-order valence-electron chi connectivity index (χ0n) is 51.0. The highest BCUT2D eigenvalue weighted by molar-refractivity contribution is 5.76. The minimum atomic E-state index is -0.875. The van der Waals surface area contributed by atoms with E-state index in [9.17, 15) is 15.0 Å². The van der Waals surface area contributed by atoms with Crippen molar-refractivity contribution in [2.75, 3.05) is 6.61 Å². The average Bonchev–Trinajstić information content (AvgIpc) is 3.42. The Labute approximate surface area is 475 Å². The summed E-state index contributed by atoms with van der Waals surface area (Å²) in [4.78, 5) is 12.5. The van der Waals surface area contributed by atoms with Crippen molar-refractivity contribution in [1.82, 2.24) is 5.32 Å². The zero-order valence-corrected chi connectivity index (χ0v) is 51.0. The van der Waals surface area contributed by atoms with Crippen LogP contribution in [0.15, 0.2) is 85.1 Å². The Hall–Kier alpha value is -2.43. The van der Waals surface area contributed by atoms with Crippen molar-refractivity contribution in [2.24, 2.45) is 0 Å². The molecule has 0 aliphatic heterocycles. The molecule has 4 nitrogen and oxygen atoms in total. The Balaban J connectivity index is 3.50. The normalized spacial score (nSPS) is 13.3. The Morgan fingerprint density at radius 2 is 0.592 bits per heavy atom. The molecule has 3 N–H and O–H groups in total. The molecular weight excluding hydrogens is 927 g/mol. The second kappa shape index (κ2) is 66.8. The number of carbonyl (C=O) groups excluding carboxylic acids is 1. The Morgan fingerprint density at radius 1 is 0.329 bits per heavy atom. The van der Waals surface area contributed by atoms with E-state index >= 15 is 0 Å². The molecule has 0 saturated carbocycles. The van der Waals surface area contributed by atoms with E-state index in [4.69, 9.17) is 0 Å². The topological polar surface area (TPSA) is 69.6 Å². The van der Waals surface area contributed by atoms with E-state index in [2.05, 4.69) is 92.1 Å². The van der Waals surface area contributed by atoms with Gasteiger partial charge in [0.05, 0.1) is 18.8 Å². The lowest BCUT2D eigenvalue weighted by atomic mass is 10.0. The van der Waals surface area contributed by atoms with Crippen LogP contribution in [-0.4, -0.2) is 34.9 Å². The quantitative estimate of drug-likeness (QED) is 0.0420. The van der Waals surface area contributed by atoms with E-state index in [1.165, 1.54) is 263 Å². The predicted molar refractivity (Wildman–Crippen MR) is 340 cm³/mol. The first-order valence-electron chi connectivity index (χ1n) is 33.8. The molecule has 0 aromatic heterocycles. The molecular formula is C72H131NO3. The number of amides is 1. The molecule has 0 radical (unpaired) electrons. The number of aliphatic hydroxyl groups excluding tert-OH is 2. The Kier molecular flexibility index (Phi) is 64.7. The number of carbonyl (C=O) groups is 1. The van der Waals surface area contributed by atoms with E-state index < -0.39 is 12.1 Å². The third-order valence-electron chi connectivity index (χ3n) is 15.3. The first kappa shape index (κ1) is 73.6. The number of hydrogen-bond acceptors (Lipinski definition) is 3. The maximum Gasteiger partial charge on any atom is 0.220 e. The highest BCUT2D eigenvalue weighted by atomic mass is 16.3. The molecule has 2 atom stereocenters. The molecule has 0 bridgehead atoms. The van der Waals surface area contributed by atoms with Gasteiger partial charge in [0.15, 0.2) is 0 Å². The molecule has 0 aromatic carbocycles. The first-order chi connectivity index (χ1) is 37.7. The maximum absolute atomic E-state index is 12.5. The van der Waals surface area contributed by atoms with Gasteiger partial charge in [0, 0.05) is 6.42 Å². The van der Waals surface area contributed by atoms with Gasteiger partial charge in [-0.1, -0.05) is 343 Å². The van der Waals surface area contributed by atoms with Gasteiger partial charge in [0.25, 0.3) is 0 Å². The molecule has 2 unspecified atom stereocenters. The third kappa shape index (κ3) is 62.4. The van der Waals surface area contributed by atoms with Gasteiger partial charge >= 0.3 is 0 Å². The number of unbranched alkanes of at least 4 members (excludes halogenated alkanes) is 43. The van der Waals surface area contributed by atoms with Crippen molar-refractivity contribution in [1.29, 1.82) is 0 Å². The molecule has 0 aliphatic rings. The fourth-order valence-corrected chi connectivity index (χ4v) is 10.3. The summed E-state index contributed by atoms with van der Waals surface area (Å²) < 4.78 is 0. The largest absolute Gasteiger partial charge is 0.394 e. The van der Waals surface area contributed by atoms with Gasteiger partial charge in [0.2, 0.25) is 5.91 Å². The average molecular weight is 1060 g/mol. The standard InChI is InChI=1S/C72H131NO3/c1-3-5-7-9-11-13-15-17-19-21-23-25-27-29-31-33-35-36-38-40-42-44-46-48-50-52-54-56-58-60-62-64-66-68-72(76)73-70(69-74)71(75)67-65-63-61-59-57-55-53-51-49-47-45-43-41-39-37-34-32-30-28-26-24-22-20-18-16-14-12-10-8-6-4-2/h5,7,11,13,17,19,23,25,49,51,57,59,65,67,70-71,74-75H,3-4,6,8-10,12,14-16,18,20-22,24,26-48,50,52-56,58,60-64,66,68-69H2,1-2H3,(H,73,76)/b7-5-,13-11-,19-17-,25-23-,51-49+,59-57+,67-65+. The molecule has 442 valence electrons. The van der Waals surface area contributed by atoms with Gasteiger partial charge in [-0.05, 0) is 83.5 Å². The summed E-state index contributed by atoms with van der Waals surface area (Å²) in [6.45, 7) is 4.21. The van der Waals surface area contributed by atoms with Gasteiger partial charge in [-0.3, -0.25) is 4.79 Å². The molecule has 0 aliphatic carbocycles. The van der Waals surface area contributed by atoms with Crippen LogP contribution in [0.25, 0.3) is 0 Å². The van der Waals surface area contributed by atoms with Crippen LogP contribution in [0.4, 0.5) is 0 Å². The van der Waals surface area contributed by atoms with Crippen LogP contribution in [0.1, 0.15) is 348 Å². The molecule has 0 rings (SSSR count). The highest BCUT2D eigenvalue weighted by Gasteiger charge is 2.18. The van der Waals surface area contributed by atoms with Crippen molar-refractivity contribution in [3.8, 4) is 0 Å². The van der Waals surface area contributed by atoms with Crippen LogP contribution in [0.2, 0.25) is 0 Å². The molecule has 0 aromatic rings. The van der Waals surface area contributed by atoms with Gasteiger partial charge in [-0.2, -0.15) is 0 Å². The highest BCUT2D eigenvalue weighted by Crippen LogP contribution is 2.18. The van der Waals surface area contributed by atoms with E-state index in [-0.39, 0.29) is 12.5 Å². The lowest BCUT2D eigenvalue weighted by molar-refractivity contribution is -0.123. The summed E-state index contributed by atoms with van der Waals surface area (Å²) in [5, 5.41) is 23.2. The van der Waals surface area contributed by atoms with Crippen molar-refractivity contribution < 1.29 is 15.0 Å². The number of nitrogens with one attached hydrogen (secondary N) is 1. The molecule has 0 heterocycles. The van der Waals surface area contributed by atoms with Crippen LogP contribution < -0.4 is 5.32 Å². The maximum atomic E-state index is 12.5. The van der Waals surface area contributed by atoms with Gasteiger partial charge in [-0.25, -0.2) is 0 Å². The molecule has 4 heteroatoms. The van der Waals surface area contributed by atoms with Gasteiger partial charge in [0.1, 0.15) is 0 Å². The molecule has 76 heavy (non-hydrogen) atoms. The summed E-state index contributed by atoms with van der Waals surface area (Å²) in [5.74, 6) is -0.0743. The molecule has 0 saturated heterocycles. The second-order valence-corrected chi connectivity index (χ2v) is 22.8. The molecule has 1 amide bonds. The monoisotopic (exact) mass is 1060 g/mol. The van der Waals surface area contributed by atoms with Crippen molar-refractivity contribution >= 4 is 5.91 Å². The van der Waals surface area contributed by atoms with Crippen LogP contribution in [0, 0.1) is 0 Å². The van der Waals surface area contributed by atoms with E-state index in [1.54, 1.807) is 6.08 Å². The van der Waals surface area contributed by atoms with Crippen LogP contribution >= 0.6 is 0 Å². The smallest absolute Gasteiger partial charge is 0.220 e. The lowest BCUT2D eigenvalue weighted by Crippen LogP contribution is -2.45. The van der Waals surface area contributed by atoms with Crippen molar-refractivity contribution in [3.05, 3.63) is 85.1 Å². The van der Waals surface area contributed by atoms with Crippen molar-refractivity contribution in [3.63, 3.8) is 0 Å². The van der Waals surface area contributed by atoms with E-state index in [0.29, 0.717) is 6.42 Å². The van der Waals surface area contributed by atoms with Crippen molar-refractivity contribution in [2.45, 2.75) is 360 Å². The minimum Gasteiger partial charge on any atom is -0.394 e. The third-order valence-corrected chi connectivity index (χ3v) is 15.3. The summed E-state index contributed by atoms with van der Waals surface area (Å²) in [6.07, 6.45) is 98.1. The van der Waals surface area contributed by atoms with E-state index in [0.717, 1.165) is 64.2 Å². The summed E-state index contributed by atoms with van der Waals surface area (Å²) in [6, 6.07) is -0.650. The van der Waals surface area contributed by atoms with Crippen LogP contribution in [0.5, 0.6) is 0 Å². The molecule has 0 spiro atoms. The fourth-order valence-electron chi connectivity index (χ4n) is 10.3. The number of aliphatic hydroxyl groups is 2. The lowest BCUT2D eigenvalue weighted by Gasteiger charge is -2.19. The molecule has 0 fully saturated rings. The predicted octanol–water partition coefficient (Wildman–Crippen LogP) is 23.0. The SMILES string of the molecule is CC/C=C\C/C=C\C/C=C\C/C=C\CCCCCCCCCCCCCCCCCCCCCCC(=O)NC(CO)C(O)/C=C/CC/C=C/CC/C=C/CCCCCCCCCCCCCCCCCCCCCCC. The fraction of sp³-hybridized carbons (Fsp3) is 0.792. The second-order valence-electron chi connectivity index (χ2n) is 22.8. The summed E-state index contributed by atoms with van der Waals surface area (Å²) >= 11 is 0. The first-order valence-corrected chi connectivity index (χ1v) is 33.8. The minimum absolute atomic E-state index is 0.0743. The van der Waals surface area contributed by atoms with Crippen LogP contribution in [-0.2, 0) is 4.79 Å². The number of allylic oxidation sites excluding steroid dienone is 13.